The summed E-state index contributed by atoms with van der Waals surface area (Å²) in [6.07, 6.45) is 1.15. The van der Waals surface area contributed by atoms with E-state index in [-0.39, 0.29) is 24.4 Å². The highest BCUT2D eigenvalue weighted by atomic mass is 79.9. The van der Waals surface area contributed by atoms with E-state index in [4.69, 9.17) is 4.74 Å². The van der Waals surface area contributed by atoms with Gasteiger partial charge in [-0.05, 0) is 51.3 Å². The molecule has 1 heterocycles. The smallest absolute Gasteiger partial charge is 0.408 e. The average molecular weight is 454 g/mol. The van der Waals surface area contributed by atoms with Crippen LogP contribution in [-0.2, 0) is 20.7 Å². The summed E-state index contributed by atoms with van der Waals surface area (Å²) in [4.78, 5) is 37.9. The van der Waals surface area contributed by atoms with Crippen molar-refractivity contribution in [1.82, 2.24) is 15.5 Å². The zero-order valence-electron chi connectivity index (χ0n) is 16.6. The summed E-state index contributed by atoms with van der Waals surface area (Å²) >= 11 is 3.42. The Balaban J connectivity index is 1.69. The molecule has 0 radical (unpaired) electrons. The molecule has 8 heteroatoms. The lowest BCUT2D eigenvalue weighted by Gasteiger charge is -2.32. The summed E-state index contributed by atoms with van der Waals surface area (Å²) in [5.41, 5.74) is 0.374. The molecule has 154 valence electrons. The van der Waals surface area contributed by atoms with Gasteiger partial charge in [-0.15, -0.1) is 0 Å². The highest BCUT2D eigenvalue weighted by Crippen LogP contribution is 2.15. The van der Waals surface area contributed by atoms with Gasteiger partial charge in [-0.25, -0.2) is 4.79 Å². The SMILES string of the molecule is CC(C)(C)OC(=O)NCC(=O)NC1CCN(C(=O)Cc2cccc(Br)c2)CC1. The van der Waals surface area contributed by atoms with Crippen molar-refractivity contribution >= 4 is 33.8 Å². The van der Waals surface area contributed by atoms with Crippen molar-refractivity contribution in [2.45, 2.75) is 51.7 Å². The van der Waals surface area contributed by atoms with Crippen LogP contribution in [0.5, 0.6) is 0 Å². The maximum Gasteiger partial charge on any atom is 0.408 e. The van der Waals surface area contributed by atoms with Crippen molar-refractivity contribution in [3.63, 3.8) is 0 Å². The highest BCUT2D eigenvalue weighted by molar-refractivity contribution is 9.10. The van der Waals surface area contributed by atoms with Crippen LogP contribution in [-0.4, -0.2) is 54.1 Å². The third kappa shape index (κ3) is 7.88. The van der Waals surface area contributed by atoms with E-state index in [0.29, 0.717) is 32.4 Å². The number of hydrogen-bond donors (Lipinski definition) is 2. The number of nitrogens with zero attached hydrogens (tertiary/aromatic N) is 1. The number of carbonyl (C=O) groups is 3. The van der Waals surface area contributed by atoms with E-state index in [0.717, 1.165) is 10.0 Å². The van der Waals surface area contributed by atoms with Gasteiger partial charge in [-0.1, -0.05) is 28.1 Å². The van der Waals surface area contributed by atoms with Gasteiger partial charge in [0.15, 0.2) is 0 Å². The monoisotopic (exact) mass is 453 g/mol. The summed E-state index contributed by atoms with van der Waals surface area (Å²) in [5.74, 6) is -0.167. The molecule has 2 rings (SSSR count). The van der Waals surface area contributed by atoms with Gasteiger partial charge >= 0.3 is 6.09 Å². The predicted molar refractivity (Wildman–Crippen MR) is 110 cm³/mol. The molecule has 7 nitrogen and oxygen atoms in total. The summed E-state index contributed by atoms with van der Waals surface area (Å²) < 4.78 is 6.06. The van der Waals surface area contributed by atoms with Crippen LogP contribution in [0.25, 0.3) is 0 Å². The molecule has 0 aliphatic carbocycles. The number of likely N-dealkylation sites (tertiary alicyclic amines) is 1. The minimum atomic E-state index is -0.615. The second kappa shape index (κ2) is 9.91. The third-order valence-electron chi connectivity index (χ3n) is 4.25. The van der Waals surface area contributed by atoms with Crippen molar-refractivity contribution in [2.24, 2.45) is 0 Å². The molecule has 0 saturated carbocycles. The van der Waals surface area contributed by atoms with Gasteiger partial charge in [-0.3, -0.25) is 9.59 Å². The van der Waals surface area contributed by atoms with Crippen LogP contribution in [0.1, 0.15) is 39.2 Å². The van der Waals surface area contributed by atoms with Crippen LogP contribution < -0.4 is 10.6 Å². The summed E-state index contributed by atoms with van der Waals surface area (Å²) in [6.45, 7) is 6.38. The number of nitrogens with one attached hydrogen (secondary N) is 2. The molecule has 1 saturated heterocycles. The maximum atomic E-state index is 12.5. The van der Waals surface area contributed by atoms with E-state index in [9.17, 15) is 14.4 Å². The number of benzene rings is 1. The zero-order valence-corrected chi connectivity index (χ0v) is 18.2. The quantitative estimate of drug-likeness (QED) is 0.716. The van der Waals surface area contributed by atoms with Gasteiger partial charge < -0.3 is 20.3 Å². The fourth-order valence-corrected chi connectivity index (χ4v) is 3.40. The normalized spacial score (nSPS) is 15.1. The topological polar surface area (TPSA) is 87.7 Å². The number of ether oxygens (including phenoxy) is 1. The lowest BCUT2D eigenvalue weighted by Crippen LogP contribution is -2.49. The Hall–Kier alpha value is -2.09. The molecule has 0 bridgehead atoms. The third-order valence-corrected chi connectivity index (χ3v) is 4.74. The van der Waals surface area contributed by atoms with Gasteiger partial charge in [0.05, 0.1) is 6.42 Å². The Bertz CT molecular complexity index is 710. The Morgan fingerprint density at radius 1 is 1.21 bits per heavy atom. The van der Waals surface area contributed by atoms with Crippen molar-refractivity contribution < 1.29 is 19.1 Å². The average Bonchev–Trinajstić information content (AvgIpc) is 2.59. The lowest BCUT2D eigenvalue weighted by atomic mass is 10.0. The number of carbonyl (C=O) groups excluding carboxylic acids is 3. The molecule has 1 fully saturated rings. The highest BCUT2D eigenvalue weighted by Gasteiger charge is 2.24. The maximum absolute atomic E-state index is 12.5. The number of alkyl carbamates (subject to hydrolysis) is 1. The number of halogens is 1. The van der Waals surface area contributed by atoms with Crippen molar-refractivity contribution in [3.8, 4) is 0 Å². The summed E-state index contributed by atoms with van der Waals surface area (Å²) in [7, 11) is 0. The lowest BCUT2D eigenvalue weighted by molar-refractivity contribution is -0.131. The molecule has 1 aromatic rings. The van der Waals surface area contributed by atoms with E-state index in [1.165, 1.54) is 0 Å². The largest absolute Gasteiger partial charge is 0.444 e. The molecule has 28 heavy (non-hydrogen) atoms. The molecule has 2 N–H and O–H groups in total. The van der Waals surface area contributed by atoms with Crippen molar-refractivity contribution in [1.29, 1.82) is 0 Å². The van der Waals surface area contributed by atoms with Crippen LogP contribution in [0.4, 0.5) is 4.79 Å². The molecular weight excluding hydrogens is 426 g/mol. The number of hydrogen-bond acceptors (Lipinski definition) is 4. The molecule has 1 aromatic carbocycles. The van der Waals surface area contributed by atoms with Gasteiger partial charge in [-0.2, -0.15) is 0 Å². The molecule has 0 aromatic heterocycles. The molecule has 1 aliphatic rings. The molecule has 3 amide bonds. The van der Waals surface area contributed by atoms with E-state index in [1.54, 1.807) is 20.8 Å². The molecular formula is C20H28BrN3O4. The first-order valence-electron chi connectivity index (χ1n) is 9.41. The van der Waals surface area contributed by atoms with Gasteiger partial charge in [0, 0.05) is 23.6 Å². The van der Waals surface area contributed by atoms with Crippen molar-refractivity contribution in [3.05, 3.63) is 34.3 Å². The van der Waals surface area contributed by atoms with Crippen molar-refractivity contribution in [2.75, 3.05) is 19.6 Å². The fraction of sp³-hybridized carbons (Fsp3) is 0.550. The number of rotatable bonds is 5. The minimum absolute atomic E-state index is 0.00264. The van der Waals surface area contributed by atoms with Crippen LogP contribution in [0, 0.1) is 0 Å². The number of piperidine rings is 1. The number of amides is 3. The van der Waals surface area contributed by atoms with Crippen LogP contribution in [0.2, 0.25) is 0 Å². The Labute approximate surface area is 174 Å². The first-order chi connectivity index (χ1) is 13.1. The van der Waals surface area contributed by atoms with E-state index < -0.39 is 11.7 Å². The first kappa shape index (κ1) is 22.2. The van der Waals surface area contributed by atoms with Gasteiger partial charge in [0.2, 0.25) is 11.8 Å². The molecule has 0 unspecified atom stereocenters. The fourth-order valence-electron chi connectivity index (χ4n) is 2.95. The standard InChI is InChI=1S/C20H28BrN3O4/c1-20(2,3)28-19(27)22-13-17(25)23-16-7-9-24(10-8-16)18(26)12-14-5-4-6-15(21)11-14/h4-6,11,16H,7-10,12-13H2,1-3H3,(H,22,27)(H,23,25). The molecule has 0 spiro atoms. The summed E-state index contributed by atoms with van der Waals surface area (Å²) in [5, 5.41) is 5.35. The second-order valence-corrected chi connectivity index (χ2v) is 8.80. The van der Waals surface area contributed by atoms with Crippen LogP contribution >= 0.6 is 15.9 Å². The second-order valence-electron chi connectivity index (χ2n) is 7.88. The Morgan fingerprint density at radius 2 is 1.89 bits per heavy atom. The predicted octanol–water partition coefficient (Wildman–Crippen LogP) is 2.62. The first-order valence-corrected chi connectivity index (χ1v) is 10.2. The molecule has 1 aliphatic heterocycles. The summed E-state index contributed by atoms with van der Waals surface area (Å²) in [6, 6.07) is 7.73. The van der Waals surface area contributed by atoms with E-state index in [1.807, 2.05) is 29.2 Å². The Kier molecular flexibility index (Phi) is 7.86. The Morgan fingerprint density at radius 3 is 2.50 bits per heavy atom. The van der Waals surface area contributed by atoms with Crippen LogP contribution in [0.15, 0.2) is 28.7 Å². The van der Waals surface area contributed by atoms with Gasteiger partial charge in [0.1, 0.15) is 12.1 Å². The van der Waals surface area contributed by atoms with Gasteiger partial charge in [0.25, 0.3) is 0 Å². The van der Waals surface area contributed by atoms with E-state index in [2.05, 4.69) is 26.6 Å². The minimum Gasteiger partial charge on any atom is -0.444 e. The van der Waals surface area contributed by atoms with E-state index >= 15 is 0 Å². The molecule has 0 atom stereocenters. The van der Waals surface area contributed by atoms with Crippen LogP contribution in [0.3, 0.4) is 0 Å². The zero-order chi connectivity index (χ0) is 20.7.